The second-order valence-electron chi connectivity index (χ2n) is 6.87. The van der Waals surface area contributed by atoms with E-state index in [1.165, 1.54) is 23.8 Å². The molecule has 0 bridgehead atoms. The standard InChI is InChI=1S/C20H26F2N4S.HI/c1-23-20(25-12-16-10-17(21)6-7-19(16)22)24-11-15-4-2-8-26(13-15)14-18-5-3-9-27-18;/h3,5-7,9-10,15H,2,4,8,11-14H2,1H3,(H2,23,24,25);1H. The summed E-state index contributed by atoms with van der Waals surface area (Å²) >= 11 is 1.80. The van der Waals surface area contributed by atoms with E-state index in [2.05, 4.69) is 38.0 Å². The van der Waals surface area contributed by atoms with E-state index in [1.54, 1.807) is 18.4 Å². The zero-order valence-electron chi connectivity index (χ0n) is 16.0. The minimum absolute atomic E-state index is 0. The summed E-state index contributed by atoms with van der Waals surface area (Å²) in [4.78, 5) is 8.09. The number of benzene rings is 1. The van der Waals surface area contributed by atoms with Crippen LogP contribution in [0.4, 0.5) is 8.78 Å². The number of rotatable bonds is 6. The van der Waals surface area contributed by atoms with Crippen LogP contribution >= 0.6 is 35.3 Å². The molecule has 154 valence electrons. The zero-order chi connectivity index (χ0) is 19.1. The van der Waals surface area contributed by atoms with Gasteiger partial charge in [-0.3, -0.25) is 9.89 Å². The van der Waals surface area contributed by atoms with Crippen LogP contribution in [0.1, 0.15) is 23.3 Å². The molecule has 0 aliphatic carbocycles. The van der Waals surface area contributed by atoms with Crippen molar-refractivity contribution in [2.24, 2.45) is 10.9 Å². The Hall–Kier alpha value is -1.26. The van der Waals surface area contributed by atoms with Crippen LogP contribution in [0.2, 0.25) is 0 Å². The second kappa shape index (κ2) is 11.7. The van der Waals surface area contributed by atoms with Gasteiger partial charge in [-0.05, 0) is 54.9 Å². The van der Waals surface area contributed by atoms with E-state index in [0.29, 0.717) is 11.9 Å². The molecular formula is C20H27F2IN4S. The van der Waals surface area contributed by atoms with Crippen molar-refractivity contribution >= 4 is 41.3 Å². The SMILES string of the molecule is CN=C(NCc1cc(F)ccc1F)NCC1CCCN(Cc2cccs2)C1.I. The van der Waals surface area contributed by atoms with Crippen molar-refractivity contribution in [3.05, 3.63) is 57.8 Å². The summed E-state index contributed by atoms with van der Waals surface area (Å²) in [5, 5.41) is 8.50. The van der Waals surface area contributed by atoms with Crippen LogP contribution in [-0.2, 0) is 13.1 Å². The molecule has 1 saturated heterocycles. The van der Waals surface area contributed by atoms with Crippen LogP contribution in [0, 0.1) is 17.6 Å². The summed E-state index contributed by atoms with van der Waals surface area (Å²) in [5.41, 5.74) is 0.290. The fourth-order valence-corrected chi connectivity index (χ4v) is 4.15. The maximum Gasteiger partial charge on any atom is 0.191 e. The van der Waals surface area contributed by atoms with Gasteiger partial charge in [-0.25, -0.2) is 8.78 Å². The van der Waals surface area contributed by atoms with Crippen LogP contribution in [0.3, 0.4) is 0 Å². The molecular weight excluding hydrogens is 493 g/mol. The lowest BCUT2D eigenvalue weighted by atomic mass is 9.98. The molecule has 1 unspecified atom stereocenters. The average molecular weight is 520 g/mol. The lowest BCUT2D eigenvalue weighted by Crippen LogP contribution is -2.44. The highest BCUT2D eigenvalue weighted by Crippen LogP contribution is 2.20. The van der Waals surface area contributed by atoms with Gasteiger partial charge in [0.2, 0.25) is 0 Å². The number of guanidine groups is 1. The number of piperidine rings is 1. The molecule has 1 atom stereocenters. The molecule has 0 spiro atoms. The molecule has 3 rings (SSSR count). The van der Waals surface area contributed by atoms with Crippen LogP contribution in [-0.4, -0.2) is 37.5 Å². The maximum absolute atomic E-state index is 13.7. The fraction of sp³-hybridized carbons (Fsp3) is 0.450. The van der Waals surface area contributed by atoms with Crippen molar-refractivity contribution in [1.29, 1.82) is 0 Å². The maximum atomic E-state index is 13.7. The van der Waals surface area contributed by atoms with Crippen LogP contribution in [0.25, 0.3) is 0 Å². The number of halogens is 3. The quantitative estimate of drug-likeness (QED) is 0.341. The Morgan fingerprint density at radius 3 is 2.89 bits per heavy atom. The van der Waals surface area contributed by atoms with Gasteiger partial charge in [0, 0.05) is 43.7 Å². The first-order valence-corrected chi connectivity index (χ1v) is 10.1. The number of hydrogen-bond acceptors (Lipinski definition) is 3. The monoisotopic (exact) mass is 520 g/mol. The predicted octanol–water partition coefficient (Wildman–Crippen LogP) is 4.22. The van der Waals surface area contributed by atoms with Gasteiger partial charge in [0.25, 0.3) is 0 Å². The summed E-state index contributed by atoms with van der Waals surface area (Å²) in [6.07, 6.45) is 2.38. The third-order valence-electron chi connectivity index (χ3n) is 4.80. The molecule has 28 heavy (non-hydrogen) atoms. The molecule has 2 heterocycles. The Bertz CT molecular complexity index is 755. The summed E-state index contributed by atoms with van der Waals surface area (Å²) in [7, 11) is 1.68. The fourth-order valence-electron chi connectivity index (χ4n) is 3.40. The molecule has 1 aliphatic heterocycles. The molecule has 2 aromatic rings. The average Bonchev–Trinajstić information content (AvgIpc) is 3.18. The lowest BCUT2D eigenvalue weighted by Gasteiger charge is -2.32. The highest BCUT2D eigenvalue weighted by molar-refractivity contribution is 14.0. The first kappa shape index (κ1) is 23.0. The predicted molar refractivity (Wildman–Crippen MR) is 122 cm³/mol. The van der Waals surface area contributed by atoms with Gasteiger partial charge in [-0.2, -0.15) is 0 Å². The van der Waals surface area contributed by atoms with Gasteiger partial charge < -0.3 is 10.6 Å². The van der Waals surface area contributed by atoms with Crippen LogP contribution < -0.4 is 10.6 Å². The Morgan fingerprint density at radius 2 is 2.14 bits per heavy atom. The number of nitrogens with zero attached hydrogens (tertiary/aromatic N) is 2. The molecule has 8 heteroatoms. The van der Waals surface area contributed by atoms with Crippen LogP contribution in [0.15, 0.2) is 40.7 Å². The summed E-state index contributed by atoms with van der Waals surface area (Å²) in [5.74, 6) is 0.289. The number of likely N-dealkylation sites (tertiary alicyclic amines) is 1. The van der Waals surface area contributed by atoms with E-state index in [9.17, 15) is 8.78 Å². The normalized spacial score (nSPS) is 17.8. The summed E-state index contributed by atoms with van der Waals surface area (Å²) in [6.45, 7) is 4.21. The van der Waals surface area contributed by atoms with E-state index >= 15 is 0 Å². The Kier molecular flexibility index (Phi) is 9.60. The van der Waals surface area contributed by atoms with Crippen LogP contribution in [0.5, 0.6) is 0 Å². The number of nitrogens with one attached hydrogen (secondary N) is 2. The minimum atomic E-state index is -0.441. The van der Waals surface area contributed by atoms with Gasteiger partial charge in [0.05, 0.1) is 0 Å². The number of thiophene rings is 1. The third kappa shape index (κ3) is 6.97. The summed E-state index contributed by atoms with van der Waals surface area (Å²) in [6, 6.07) is 7.76. The third-order valence-corrected chi connectivity index (χ3v) is 5.66. The van der Waals surface area contributed by atoms with Gasteiger partial charge >= 0.3 is 0 Å². The molecule has 1 fully saturated rings. The molecule has 1 aromatic carbocycles. The topological polar surface area (TPSA) is 39.7 Å². The van der Waals surface area contributed by atoms with E-state index in [4.69, 9.17) is 0 Å². The molecule has 2 N–H and O–H groups in total. The van der Waals surface area contributed by atoms with E-state index in [-0.39, 0.29) is 36.1 Å². The lowest BCUT2D eigenvalue weighted by molar-refractivity contribution is 0.169. The smallest absolute Gasteiger partial charge is 0.191 e. The van der Waals surface area contributed by atoms with Gasteiger partial charge in [-0.15, -0.1) is 35.3 Å². The largest absolute Gasteiger partial charge is 0.356 e. The van der Waals surface area contributed by atoms with Gasteiger partial charge in [0.15, 0.2) is 5.96 Å². The molecule has 0 radical (unpaired) electrons. The first-order chi connectivity index (χ1) is 13.1. The Balaban J connectivity index is 0.00000280. The molecule has 4 nitrogen and oxygen atoms in total. The van der Waals surface area contributed by atoms with Crippen molar-refractivity contribution < 1.29 is 8.78 Å². The Morgan fingerprint density at radius 1 is 1.29 bits per heavy atom. The highest BCUT2D eigenvalue weighted by Gasteiger charge is 2.20. The second-order valence-corrected chi connectivity index (χ2v) is 7.90. The van der Waals surface area contributed by atoms with Gasteiger partial charge in [0.1, 0.15) is 11.6 Å². The van der Waals surface area contributed by atoms with Gasteiger partial charge in [-0.1, -0.05) is 6.07 Å². The molecule has 0 amide bonds. The van der Waals surface area contributed by atoms with E-state index in [0.717, 1.165) is 38.3 Å². The van der Waals surface area contributed by atoms with E-state index in [1.807, 2.05) is 0 Å². The summed E-state index contributed by atoms with van der Waals surface area (Å²) < 4.78 is 27.0. The van der Waals surface area contributed by atoms with Crippen molar-refractivity contribution in [1.82, 2.24) is 15.5 Å². The molecule has 0 saturated carbocycles. The Labute approximate surface area is 186 Å². The number of hydrogen-bond donors (Lipinski definition) is 2. The van der Waals surface area contributed by atoms with Crippen molar-refractivity contribution in [2.75, 3.05) is 26.7 Å². The molecule has 1 aliphatic rings. The molecule has 1 aromatic heterocycles. The van der Waals surface area contributed by atoms with Crippen molar-refractivity contribution in [3.8, 4) is 0 Å². The first-order valence-electron chi connectivity index (χ1n) is 9.27. The highest BCUT2D eigenvalue weighted by atomic mass is 127. The number of aliphatic imine (C=N–C) groups is 1. The zero-order valence-corrected chi connectivity index (χ0v) is 19.1. The van der Waals surface area contributed by atoms with Crippen molar-refractivity contribution in [3.63, 3.8) is 0 Å². The minimum Gasteiger partial charge on any atom is -0.356 e. The van der Waals surface area contributed by atoms with E-state index < -0.39 is 11.6 Å². The van der Waals surface area contributed by atoms with Crippen molar-refractivity contribution in [2.45, 2.75) is 25.9 Å².